The molecule has 0 aromatic heterocycles. The van der Waals surface area contributed by atoms with Crippen molar-refractivity contribution < 1.29 is 9.90 Å². The van der Waals surface area contributed by atoms with Gasteiger partial charge in [-0.1, -0.05) is 19.1 Å². The number of hydrogen-bond acceptors (Lipinski definition) is 3. The topological polar surface area (TPSA) is 43.8 Å². The highest BCUT2D eigenvalue weighted by Crippen LogP contribution is 2.07. The fourth-order valence-electron chi connectivity index (χ4n) is 2.43. The van der Waals surface area contributed by atoms with E-state index < -0.39 is 5.97 Å². The number of nitrogens with zero attached hydrogens (tertiary/aromatic N) is 2. The van der Waals surface area contributed by atoms with Gasteiger partial charge in [0.05, 0.1) is 5.56 Å². The fourth-order valence-corrected chi connectivity index (χ4v) is 2.43. The molecule has 1 heterocycles. The summed E-state index contributed by atoms with van der Waals surface area (Å²) in [4.78, 5) is 15.7. The second-order valence-corrected chi connectivity index (χ2v) is 5.03. The molecule has 1 N–H and O–H groups in total. The van der Waals surface area contributed by atoms with Crippen molar-refractivity contribution in [2.45, 2.75) is 13.3 Å². The highest BCUT2D eigenvalue weighted by atomic mass is 16.4. The van der Waals surface area contributed by atoms with Gasteiger partial charge in [0.15, 0.2) is 0 Å². The number of carboxylic acids is 1. The number of likely N-dealkylation sites (N-methyl/N-ethyl adjacent to an activating group) is 1. The average Bonchev–Trinajstić information content (AvgIpc) is 2.46. The molecule has 0 unspecified atom stereocenters. The Kier molecular flexibility index (Phi) is 4.93. The van der Waals surface area contributed by atoms with Crippen LogP contribution in [0.2, 0.25) is 0 Å². The van der Waals surface area contributed by atoms with Gasteiger partial charge in [0.1, 0.15) is 0 Å². The van der Waals surface area contributed by atoms with E-state index in [0.29, 0.717) is 5.56 Å². The molecule has 0 bridgehead atoms. The molecule has 0 aliphatic carbocycles. The predicted molar refractivity (Wildman–Crippen MR) is 75.7 cm³/mol. The maximum absolute atomic E-state index is 10.8. The van der Waals surface area contributed by atoms with Gasteiger partial charge in [0.2, 0.25) is 0 Å². The van der Waals surface area contributed by atoms with E-state index in [1.165, 1.54) is 5.56 Å². The standard InChI is InChI=1S/C15H22N2O2/c1-2-16-9-11-17(12-10-16)8-7-13-3-5-14(6-4-13)15(18)19/h3-6H,2,7-12H2,1H3,(H,18,19). The third-order valence-corrected chi connectivity index (χ3v) is 3.83. The number of benzene rings is 1. The van der Waals surface area contributed by atoms with E-state index >= 15 is 0 Å². The number of rotatable bonds is 5. The molecule has 0 spiro atoms. The maximum Gasteiger partial charge on any atom is 0.335 e. The third-order valence-electron chi connectivity index (χ3n) is 3.83. The molecule has 1 aromatic rings. The summed E-state index contributed by atoms with van der Waals surface area (Å²) < 4.78 is 0. The normalized spacial score (nSPS) is 17.5. The Balaban J connectivity index is 1.78. The van der Waals surface area contributed by atoms with Crippen molar-refractivity contribution in [2.75, 3.05) is 39.3 Å². The molecule has 0 amide bonds. The van der Waals surface area contributed by atoms with E-state index in [2.05, 4.69) is 16.7 Å². The van der Waals surface area contributed by atoms with Crippen molar-refractivity contribution in [3.63, 3.8) is 0 Å². The molecule has 104 valence electrons. The van der Waals surface area contributed by atoms with Crippen LogP contribution in [0.4, 0.5) is 0 Å². The minimum Gasteiger partial charge on any atom is -0.478 e. The van der Waals surface area contributed by atoms with Gasteiger partial charge in [-0.05, 0) is 30.7 Å². The van der Waals surface area contributed by atoms with Crippen LogP contribution in [-0.4, -0.2) is 60.1 Å². The quantitative estimate of drug-likeness (QED) is 0.874. The van der Waals surface area contributed by atoms with Crippen LogP contribution in [0.1, 0.15) is 22.8 Å². The summed E-state index contributed by atoms with van der Waals surface area (Å²) in [5.74, 6) is -0.859. The predicted octanol–water partition coefficient (Wildman–Crippen LogP) is 1.56. The van der Waals surface area contributed by atoms with Crippen LogP contribution in [0.5, 0.6) is 0 Å². The lowest BCUT2D eigenvalue weighted by atomic mass is 10.1. The fraction of sp³-hybridized carbons (Fsp3) is 0.533. The first-order chi connectivity index (χ1) is 9.19. The van der Waals surface area contributed by atoms with Crippen molar-refractivity contribution in [2.24, 2.45) is 0 Å². The van der Waals surface area contributed by atoms with Crippen LogP contribution in [0, 0.1) is 0 Å². The van der Waals surface area contributed by atoms with Crippen molar-refractivity contribution >= 4 is 5.97 Å². The van der Waals surface area contributed by atoms with Gasteiger partial charge < -0.3 is 14.9 Å². The smallest absolute Gasteiger partial charge is 0.335 e. The van der Waals surface area contributed by atoms with Crippen molar-refractivity contribution in [3.05, 3.63) is 35.4 Å². The molecule has 1 fully saturated rings. The molecule has 4 nitrogen and oxygen atoms in total. The lowest BCUT2D eigenvalue weighted by Crippen LogP contribution is -2.46. The average molecular weight is 262 g/mol. The summed E-state index contributed by atoms with van der Waals surface area (Å²) >= 11 is 0. The summed E-state index contributed by atoms with van der Waals surface area (Å²) in [6, 6.07) is 7.22. The lowest BCUT2D eigenvalue weighted by molar-refractivity contribution is 0.0697. The van der Waals surface area contributed by atoms with Gasteiger partial charge in [-0.3, -0.25) is 0 Å². The lowest BCUT2D eigenvalue weighted by Gasteiger charge is -2.34. The van der Waals surface area contributed by atoms with E-state index in [9.17, 15) is 4.79 Å². The third kappa shape index (κ3) is 4.04. The van der Waals surface area contributed by atoms with Crippen LogP contribution >= 0.6 is 0 Å². The summed E-state index contributed by atoms with van der Waals surface area (Å²) in [5.41, 5.74) is 1.57. The van der Waals surface area contributed by atoms with Gasteiger partial charge in [-0.2, -0.15) is 0 Å². The largest absolute Gasteiger partial charge is 0.478 e. The Hall–Kier alpha value is -1.39. The molecule has 1 saturated heterocycles. The molecule has 0 radical (unpaired) electrons. The highest BCUT2D eigenvalue weighted by molar-refractivity contribution is 5.87. The molecular formula is C15H22N2O2. The zero-order chi connectivity index (χ0) is 13.7. The van der Waals surface area contributed by atoms with Gasteiger partial charge >= 0.3 is 5.97 Å². The summed E-state index contributed by atoms with van der Waals surface area (Å²) in [6.07, 6.45) is 0.992. The molecule has 2 rings (SSSR count). The summed E-state index contributed by atoms with van der Waals surface area (Å²) in [5, 5.41) is 8.84. The molecule has 4 heteroatoms. The molecule has 1 aliphatic heterocycles. The summed E-state index contributed by atoms with van der Waals surface area (Å²) in [6.45, 7) is 9.01. The number of piperazine rings is 1. The van der Waals surface area contributed by atoms with E-state index in [4.69, 9.17) is 5.11 Å². The van der Waals surface area contributed by atoms with E-state index in [1.807, 2.05) is 12.1 Å². The summed E-state index contributed by atoms with van der Waals surface area (Å²) in [7, 11) is 0. The first-order valence-electron chi connectivity index (χ1n) is 6.96. The Morgan fingerprint density at radius 1 is 1.11 bits per heavy atom. The monoisotopic (exact) mass is 262 g/mol. The zero-order valence-corrected chi connectivity index (χ0v) is 11.5. The number of hydrogen-bond donors (Lipinski definition) is 1. The maximum atomic E-state index is 10.8. The van der Waals surface area contributed by atoms with Gasteiger partial charge in [0.25, 0.3) is 0 Å². The Morgan fingerprint density at radius 3 is 2.21 bits per heavy atom. The van der Waals surface area contributed by atoms with Crippen molar-refractivity contribution in [3.8, 4) is 0 Å². The minimum absolute atomic E-state index is 0.361. The van der Waals surface area contributed by atoms with E-state index in [0.717, 1.165) is 45.7 Å². The first kappa shape index (κ1) is 14.0. The Labute approximate surface area is 114 Å². The first-order valence-corrected chi connectivity index (χ1v) is 6.96. The van der Waals surface area contributed by atoms with Crippen molar-refractivity contribution in [1.82, 2.24) is 9.80 Å². The van der Waals surface area contributed by atoms with Crippen LogP contribution in [0.25, 0.3) is 0 Å². The molecule has 1 aliphatic rings. The van der Waals surface area contributed by atoms with Gasteiger partial charge in [-0.25, -0.2) is 4.79 Å². The molecule has 0 saturated carbocycles. The molecule has 0 atom stereocenters. The van der Waals surface area contributed by atoms with E-state index in [-0.39, 0.29) is 0 Å². The van der Waals surface area contributed by atoms with Crippen molar-refractivity contribution in [1.29, 1.82) is 0 Å². The molecular weight excluding hydrogens is 240 g/mol. The SMILES string of the molecule is CCN1CCN(CCc2ccc(C(=O)O)cc2)CC1. The van der Waals surface area contributed by atoms with E-state index in [1.54, 1.807) is 12.1 Å². The minimum atomic E-state index is -0.859. The molecule has 1 aromatic carbocycles. The van der Waals surface area contributed by atoms with Gasteiger partial charge in [0, 0.05) is 32.7 Å². The van der Waals surface area contributed by atoms with Crippen LogP contribution in [0.3, 0.4) is 0 Å². The number of carboxylic acid groups (broad SMARTS) is 1. The van der Waals surface area contributed by atoms with Crippen LogP contribution in [-0.2, 0) is 6.42 Å². The van der Waals surface area contributed by atoms with Crippen LogP contribution < -0.4 is 0 Å². The number of aromatic carboxylic acids is 1. The number of carbonyl (C=O) groups is 1. The highest BCUT2D eigenvalue weighted by Gasteiger charge is 2.14. The van der Waals surface area contributed by atoms with Gasteiger partial charge in [-0.15, -0.1) is 0 Å². The Morgan fingerprint density at radius 2 is 1.68 bits per heavy atom. The Bertz CT molecular complexity index is 409. The van der Waals surface area contributed by atoms with Crippen LogP contribution in [0.15, 0.2) is 24.3 Å². The second kappa shape index (κ2) is 6.68. The second-order valence-electron chi connectivity index (χ2n) is 5.03. The zero-order valence-electron chi connectivity index (χ0n) is 11.5. The molecule has 19 heavy (non-hydrogen) atoms.